The summed E-state index contributed by atoms with van der Waals surface area (Å²) in [4.78, 5) is 15.6. The maximum atomic E-state index is 13.1. The predicted molar refractivity (Wildman–Crippen MR) is 127 cm³/mol. The normalized spacial score (nSPS) is 11.4. The summed E-state index contributed by atoms with van der Waals surface area (Å²) in [6.07, 6.45) is 5.99. The van der Waals surface area contributed by atoms with Crippen molar-refractivity contribution >= 4 is 16.8 Å². The Kier molecular flexibility index (Phi) is 8.72. The second-order valence-electron chi connectivity index (χ2n) is 8.13. The van der Waals surface area contributed by atoms with Crippen molar-refractivity contribution in [3.63, 3.8) is 0 Å². The van der Waals surface area contributed by atoms with E-state index in [1.165, 1.54) is 38.8 Å². The highest BCUT2D eigenvalue weighted by Crippen LogP contribution is 2.28. The van der Waals surface area contributed by atoms with E-state index in [2.05, 4.69) is 18.7 Å². The molecule has 0 aliphatic heterocycles. The highest BCUT2D eigenvalue weighted by Gasteiger charge is 2.19. The van der Waals surface area contributed by atoms with Crippen LogP contribution in [0, 0.1) is 6.92 Å². The van der Waals surface area contributed by atoms with Gasteiger partial charge in [0, 0.05) is 17.5 Å². The first kappa shape index (κ1) is 23.1. The number of carbonyl (C=O) groups is 1. The van der Waals surface area contributed by atoms with Crippen LogP contribution >= 0.6 is 0 Å². The van der Waals surface area contributed by atoms with Gasteiger partial charge in [-0.3, -0.25) is 4.79 Å². The predicted octanol–water partition coefficient (Wildman–Crippen LogP) is 6.64. The van der Waals surface area contributed by atoms with Gasteiger partial charge in [0.25, 0.3) is 0 Å². The Morgan fingerprint density at radius 2 is 1.55 bits per heavy atom. The van der Waals surface area contributed by atoms with Crippen LogP contribution in [0.3, 0.4) is 0 Å². The summed E-state index contributed by atoms with van der Waals surface area (Å²) in [6, 6.07) is 15.1. The van der Waals surface area contributed by atoms with Crippen molar-refractivity contribution < 1.29 is 13.9 Å². The summed E-state index contributed by atoms with van der Waals surface area (Å²) in [6.45, 7) is 10.4. The van der Waals surface area contributed by atoms with Crippen LogP contribution in [0.25, 0.3) is 11.0 Å². The minimum atomic E-state index is -0.0171. The molecule has 0 fully saturated rings. The van der Waals surface area contributed by atoms with E-state index in [1.807, 2.05) is 55.5 Å². The summed E-state index contributed by atoms with van der Waals surface area (Å²) in [5.41, 5.74) is 2.03. The number of carbonyl (C=O) groups excluding carboxylic acids is 1. The Balaban J connectivity index is 1.54. The van der Waals surface area contributed by atoms with Gasteiger partial charge < -0.3 is 14.1 Å². The van der Waals surface area contributed by atoms with E-state index in [0.29, 0.717) is 23.5 Å². The molecule has 1 heterocycles. The number of aryl methyl sites for hydroxylation is 1. The van der Waals surface area contributed by atoms with Gasteiger partial charge in [-0.25, -0.2) is 0 Å². The zero-order chi connectivity index (χ0) is 22.1. The van der Waals surface area contributed by atoms with E-state index < -0.39 is 0 Å². The van der Waals surface area contributed by atoms with Gasteiger partial charge in [-0.1, -0.05) is 44.9 Å². The molecule has 0 amide bonds. The summed E-state index contributed by atoms with van der Waals surface area (Å²) in [5.74, 6) is 1.44. The minimum absolute atomic E-state index is 0.0171. The van der Waals surface area contributed by atoms with Crippen LogP contribution in [0.4, 0.5) is 0 Å². The number of unbranched alkanes of at least 4 members (excludes halogenated alkanes) is 2. The number of ketones is 1. The van der Waals surface area contributed by atoms with Crippen LogP contribution in [0.1, 0.15) is 67.6 Å². The lowest BCUT2D eigenvalue weighted by molar-refractivity contribution is 0.103. The Morgan fingerprint density at radius 3 is 2.23 bits per heavy atom. The molecule has 1 aromatic heterocycles. The smallest absolute Gasteiger partial charge is 0.197 e. The van der Waals surface area contributed by atoms with Crippen LogP contribution in [-0.4, -0.2) is 36.9 Å². The molecule has 4 nitrogen and oxygen atoms in total. The fraction of sp³-hybridized carbons (Fsp3) is 0.444. The Bertz CT molecular complexity index is 950. The molecule has 0 atom stereocenters. The number of rotatable bonds is 13. The minimum Gasteiger partial charge on any atom is -0.494 e. The van der Waals surface area contributed by atoms with Gasteiger partial charge in [0.1, 0.15) is 17.1 Å². The van der Waals surface area contributed by atoms with E-state index in [1.54, 1.807) is 0 Å². The first-order valence-electron chi connectivity index (χ1n) is 11.6. The zero-order valence-corrected chi connectivity index (χ0v) is 19.2. The summed E-state index contributed by atoms with van der Waals surface area (Å²) < 4.78 is 11.7. The summed E-state index contributed by atoms with van der Waals surface area (Å²) in [5, 5.41) is 0.862. The number of fused-ring (bicyclic) bond motifs is 1. The highest BCUT2D eigenvalue weighted by atomic mass is 16.5. The van der Waals surface area contributed by atoms with Crippen LogP contribution in [0.15, 0.2) is 52.9 Å². The second-order valence-corrected chi connectivity index (χ2v) is 8.13. The molecule has 0 spiro atoms. The highest BCUT2D eigenvalue weighted by molar-refractivity contribution is 6.16. The molecule has 0 saturated heterocycles. The van der Waals surface area contributed by atoms with Gasteiger partial charge >= 0.3 is 0 Å². The van der Waals surface area contributed by atoms with Crippen molar-refractivity contribution in [3.8, 4) is 5.75 Å². The van der Waals surface area contributed by atoms with Crippen molar-refractivity contribution in [2.75, 3.05) is 26.2 Å². The van der Waals surface area contributed by atoms with Gasteiger partial charge in [0.2, 0.25) is 0 Å². The third-order valence-electron chi connectivity index (χ3n) is 5.66. The first-order valence-corrected chi connectivity index (χ1v) is 11.6. The van der Waals surface area contributed by atoms with E-state index >= 15 is 0 Å². The van der Waals surface area contributed by atoms with E-state index in [0.717, 1.165) is 29.7 Å². The van der Waals surface area contributed by atoms with Crippen LogP contribution < -0.4 is 4.74 Å². The molecule has 0 radical (unpaired) electrons. The maximum absolute atomic E-state index is 13.1. The lowest BCUT2D eigenvalue weighted by atomic mass is 10.0. The topological polar surface area (TPSA) is 42.7 Å². The van der Waals surface area contributed by atoms with E-state index in [4.69, 9.17) is 9.15 Å². The van der Waals surface area contributed by atoms with Gasteiger partial charge in [0.05, 0.1) is 12.2 Å². The summed E-state index contributed by atoms with van der Waals surface area (Å²) in [7, 11) is 0. The number of para-hydroxylation sites is 1. The van der Waals surface area contributed by atoms with Gasteiger partial charge in [0.15, 0.2) is 5.78 Å². The van der Waals surface area contributed by atoms with Gasteiger partial charge in [-0.05, 0) is 69.6 Å². The lowest BCUT2D eigenvalue weighted by Crippen LogP contribution is -2.28. The largest absolute Gasteiger partial charge is 0.494 e. The Morgan fingerprint density at radius 1 is 0.903 bits per heavy atom. The average Bonchev–Trinajstić information content (AvgIpc) is 3.13. The van der Waals surface area contributed by atoms with Crippen LogP contribution in [-0.2, 0) is 0 Å². The molecule has 0 unspecified atom stereocenters. The quantitative estimate of drug-likeness (QED) is 0.229. The number of hydrogen-bond donors (Lipinski definition) is 0. The van der Waals surface area contributed by atoms with Crippen molar-refractivity contribution in [3.05, 3.63) is 65.4 Å². The summed E-state index contributed by atoms with van der Waals surface area (Å²) >= 11 is 0. The Labute approximate surface area is 186 Å². The number of nitrogens with zero attached hydrogens (tertiary/aromatic N) is 1. The van der Waals surface area contributed by atoms with E-state index in [9.17, 15) is 4.79 Å². The van der Waals surface area contributed by atoms with Crippen LogP contribution in [0.2, 0.25) is 0 Å². The van der Waals surface area contributed by atoms with Crippen molar-refractivity contribution in [2.24, 2.45) is 0 Å². The molecule has 166 valence electrons. The van der Waals surface area contributed by atoms with E-state index in [-0.39, 0.29) is 5.78 Å². The van der Waals surface area contributed by atoms with Crippen molar-refractivity contribution in [1.82, 2.24) is 4.90 Å². The number of hydrogen-bond acceptors (Lipinski definition) is 4. The first-order chi connectivity index (χ1) is 15.1. The zero-order valence-electron chi connectivity index (χ0n) is 19.2. The molecule has 3 aromatic rings. The number of furan rings is 1. The van der Waals surface area contributed by atoms with Gasteiger partial charge in [-0.15, -0.1) is 0 Å². The average molecular weight is 422 g/mol. The molecule has 2 aromatic carbocycles. The van der Waals surface area contributed by atoms with Crippen molar-refractivity contribution in [1.29, 1.82) is 0 Å². The Hall–Kier alpha value is -2.59. The molecular weight excluding hydrogens is 386 g/mol. The third-order valence-corrected chi connectivity index (χ3v) is 5.66. The molecular formula is C27H35NO3. The molecule has 0 aliphatic rings. The SMILES string of the molecule is CCCCN(CCCC)CCCOc1ccc(C(=O)c2c(C)oc3ccccc23)cc1. The fourth-order valence-electron chi connectivity index (χ4n) is 3.87. The standard InChI is InChI=1S/C27H35NO3/c1-4-6-17-28(18-7-5-2)19-10-20-30-23-15-13-22(14-16-23)27(29)26-21(3)31-25-12-9-8-11-24(25)26/h8-9,11-16H,4-7,10,17-20H2,1-3H3. The molecule has 4 heteroatoms. The number of benzene rings is 2. The molecule has 0 saturated carbocycles. The molecule has 0 aliphatic carbocycles. The van der Waals surface area contributed by atoms with Crippen LogP contribution in [0.5, 0.6) is 5.75 Å². The fourth-order valence-corrected chi connectivity index (χ4v) is 3.87. The molecule has 0 N–H and O–H groups in total. The number of ether oxygens (including phenoxy) is 1. The third kappa shape index (κ3) is 6.20. The second kappa shape index (κ2) is 11.7. The lowest BCUT2D eigenvalue weighted by Gasteiger charge is -2.21. The maximum Gasteiger partial charge on any atom is 0.197 e. The molecule has 0 bridgehead atoms. The van der Waals surface area contributed by atoms with Gasteiger partial charge in [-0.2, -0.15) is 0 Å². The molecule has 3 rings (SSSR count). The molecule has 31 heavy (non-hydrogen) atoms. The monoisotopic (exact) mass is 421 g/mol. The van der Waals surface area contributed by atoms with Crippen molar-refractivity contribution in [2.45, 2.75) is 52.9 Å².